The molecule has 0 spiro atoms. The fourth-order valence-electron chi connectivity index (χ4n) is 3.81. The molecule has 3 heteroatoms. The highest BCUT2D eigenvalue weighted by atomic mass is 16.1. The molecule has 3 N–H and O–H groups in total. The number of rotatable bonds is 2. The quantitative estimate of drug-likeness (QED) is 0.856. The van der Waals surface area contributed by atoms with Gasteiger partial charge in [-0.25, -0.2) is 0 Å². The van der Waals surface area contributed by atoms with Crippen LogP contribution in [0.4, 0.5) is 0 Å². The van der Waals surface area contributed by atoms with Crippen molar-refractivity contribution >= 4 is 5.91 Å². The van der Waals surface area contributed by atoms with Crippen molar-refractivity contribution in [2.75, 3.05) is 0 Å². The van der Waals surface area contributed by atoms with Crippen LogP contribution in [-0.2, 0) is 0 Å². The molecule has 3 nitrogen and oxygen atoms in total. The molecule has 1 aromatic carbocycles. The molecule has 19 heavy (non-hydrogen) atoms. The lowest BCUT2D eigenvalue weighted by molar-refractivity contribution is 0.0876. The Morgan fingerprint density at radius 3 is 2.89 bits per heavy atom. The summed E-state index contributed by atoms with van der Waals surface area (Å²) in [5.41, 5.74) is 8.17. The third-order valence-corrected chi connectivity index (χ3v) is 4.78. The second-order valence-electron chi connectivity index (χ2n) is 6.50. The highest BCUT2D eigenvalue weighted by Gasteiger charge is 2.49. The molecule has 3 rings (SSSR count). The number of benzene rings is 1. The summed E-state index contributed by atoms with van der Waals surface area (Å²) < 4.78 is 0. The van der Waals surface area contributed by atoms with Crippen LogP contribution < -0.4 is 11.1 Å². The summed E-state index contributed by atoms with van der Waals surface area (Å²) in [5, 5.41) is 3.27. The maximum Gasteiger partial charge on any atom is 0.251 e. The summed E-state index contributed by atoms with van der Waals surface area (Å²) >= 11 is 0. The topological polar surface area (TPSA) is 55.1 Å². The Hall–Kier alpha value is -1.35. The average Bonchev–Trinajstić information content (AvgIpc) is 2.59. The van der Waals surface area contributed by atoms with Crippen LogP contribution in [-0.4, -0.2) is 17.0 Å². The van der Waals surface area contributed by atoms with Crippen LogP contribution in [0.3, 0.4) is 0 Å². The Kier molecular flexibility index (Phi) is 2.90. The van der Waals surface area contributed by atoms with E-state index in [1.807, 2.05) is 31.2 Å². The predicted molar refractivity (Wildman–Crippen MR) is 76.0 cm³/mol. The highest BCUT2D eigenvalue weighted by Crippen LogP contribution is 2.46. The van der Waals surface area contributed by atoms with Crippen molar-refractivity contribution in [3.63, 3.8) is 0 Å². The van der Waals surface area contributed by atoms with Crippen LogP contribution in [0, 0.1) is 6.92 Å². The number of aryl methyl sites for hydroxylation is 1. The van der Waals surface area contributed by atoms with Gasteiger partial charge in [0.1, 0.15) is 0 Å². The van der Waals surface area contributed by atoms with Crippen LogP contribution >= 0.6 is 0 Å². The summed E-state index contributed by atoms with van der Waals surface area (Å²) in [6.07, 6.45) is 6.32. The molecule has 1 amide bonds. The van der Waals surface area contributed by atoms with Gasteiger partial charge in [-0.2, -0.15) is 0 Å². The Bertz CT molecular complexity index is 513. The Balaban J connectivity index is 1.77. The normalized spacial score (nSPS) is 33.2. The van der Waals surface area contributed by atoms with Crippen molar-refractivity contribution in [1.82, 2.24) is 5.32 Å². The lowest BCUT2D eigenvalue weighted by Gasteiger charge is -2.38. The minimum absolute atomic E-state index is 0.0296. The summed E-state index contributed by atoms with van der Waals surface area (Å²) in [4.78, 5) is 12.4. The molecule has 0 saturated heterocycles. The van der Waals surface area contributed by atoms with E-state index in [0.717, 1.165) is 49.7 Å². The highest BCUT2D eigenvalue weighted by molar-refractivity contribution is 5.94. The number of fused-ring (bicyclic) bond motifs is 2. The van der Waals surface area contributed by atoms with E-state index < -0.39 is 0 Å². The number of hydrogen-bond donors (Lipinski definition) is 2. The maximum absolute atomic E-state index is 12.4. The first kappa shape index (κ1) is 12.7. The molecule has 2 bridgehead atoms. The van der Waals surface area contributed by atoms with E-state index in [4.69, 9.17) is 5.73 Å². The van der Waals surface area contributed by atoms with E-state index in [1.54, 1.807) is 0 Å². The van der Waals surface area contributed by atoms with Gasteiger partial charge in [-0.3, -0.25) is 4.79 Å². The smallest absolute Gasteiger partial charge is 0.251 e. The van der Waals surface area contributed by atoms with Crippen LogP contribution in [0.25, 0.3) is 0 Å². The van der Waals surface area contributed by atoms with Gasteiger partial charge in [0.25, 0.3) is 5.91 Å². The van der Waals surface area contributed by atoms with Gasteiger partial charge in [0.05, 0.1) is 0 Å². The molecule has 0 unspecified atom stereocenters. The zero-order valence-electron chi connectivity index (χ0n) is 11.5. The zero-order chi connectivity index (χ0) is 13.5. The molecule has 1 aromatic rings. The van der Waals surface area contributed by atoms with E-state index in [1.165, 1.54) is 0 Å². The molecule has 0 radical (unpaired) electrons. The molecule has 2 aliphatic carbocycles. The third kappa shape index (κ3) is 2.39. The molecule has 0 heterocycles. The number of amides is 1. The Morgan fingerprint density at radius 1 is 1.26 bits per heavy atom. The minimum atomic E-state index is -0.0478. The molecular formula is C16H22N2O. The SMILES string of the molecule is Cc1cccc(C(=O)N[C@]23CCC[C@](N)(CC2)C3)c1. The van der Waals surface area contributed by atoms with Crippen molar-refractivity contribution in [2.24, 2.45) is 5.73 Å². The first-order valence-corrected chi connectivity index (χ1v) is 7.19. The average molecular weight is 258 g/mol. The molecular weight excluding hydrogens is 236 g/mol. The predicted octanol–water partition coefficient (Wildman–Crippen LogP) is 2.53. The fourth-order valence-corrected chi connectivity index (χ4v) is 3.81. The first-order chi connectivity index (χ1) is 9.00. The molecule has 2 atom stereocenters. The number of hydrogen-bond acceptors (Lipinski definition) is 2. The van der Waals surface area contributed by atoms with Crippen LogP contribution in [0.5, 0.6) is 0 Å². The number of carbonyl (C=O) groups excluding carboxylic acids is 1. The Labute approximate surface area is 114 Å². The van der Waals surface area contributed by atoms with Gasteiger partial charge in [0, 0.05) is 16.6 Å². The second-order valence-corrected chi connectivity index (χ2v) is 6.50. The van der Waals surface area contributed by atoms with Gasteiger partial charge in [-0.15, -0.1) is 0 Å². The van der Waals surface area contributed by atoms with Crippen molar-refractivity contribution in [1.29, 1.82) is 0 Å². The largest absolute Gasteiger partial charge is 0.347 e. The molecule has 2 saturated carbocycles. The van der Waals surface area contributed by atoms with Gasteiger partial charge < -0.3 is 11.1 Å². The minimum Gasteiger partial charge on any atom is -0.347 e. The number of carbonyl (C=O) groups is 1. The van der Waals surface area contributed by atoms with E-state index in [0.29, 0.717) is 0 Å². The lowest BCUT2D eigenvalue weighted by atomic mass is 9.79. The second kappa shape index (κ2) is 4.34. The van der Waals surface area contributed by atoms with Gasteiger partial charge in [0.15, 0.2) is 0 Å². The number of nitrogens with one attached hydrogen (secondary N) is 1. The first-order valence-electron chi connectivity index (χ1n) is 7.19. The van der Waals surface area contributed by atoms with E-state index in [2.05, 4.69) is 5.32 Å². The molecule has 0 aliphatic heterocycles. The van der Waals surface area contributed by atoms with Gasteiger partial charge in [-0.05, 0) is 57.6 Å². The van der Waals surface area contributed by atoms with E-state index in [9.17, 15) is 4.79 Å². The molecule has 2 aliphatic rings. The number of nitrogens with two attached hydrogens (primary N) is 1. The maximum atomic E-state index is 12.4. The van der Waals surface area contributed by atoms with Crippen LogP contribution in [0.15, 0.2) is 24.3 Å². The van der Waals surface area contributed by atoms with Crippen molar-refractivity contribution < 1.29 is 4.79 Å². The monoisotopic (exact) mass is 258 g/mol. The standard InChI is InChI=1S/C16H22N2O/c1-12-4-2-5-13(10-12)14(19)18-16-7-3-6-15(17,11-16)8-9-16/h2,4-5,10H,3,6-9,11,17H2,1H3,(H,18,19)/t15-,16+/m0/s1. The summed E-state index contributed by atoms with van der Waals surface area (Å²) in [7, 11) is 0. The summed E-state index contributed by atoms with van der Waals surface area (Å²) in [6, 6.07) is 7.77. The summed E-state index contributed by atoms with van der Waals surface area (Å²) in [5.74, 6) is 0.0508. The molecule has 0 aromatic heterocycles. The molecule has 102 valence electrons. The zero-order valence-corrected chi connectivity index (χ0v) is 11.5. The van der Waals surface area contributed by atoms with Crippen molar-refractivity contribution in [3.05, 3.63) is 35.4 Å². The van der Waals surface area contributed by atoms with E-state index >= 15 is 0 Å². The Morgan fingerprint density at radius 2 is 2.11 bits per heavy atom. The van der Waals surface area contributed by atoms with Crippen molar-refractivity contribution in [2.45, 2.75) is 56.5 Å². The fraction of sp³-hybridized carbons (Fsp3) is 0.562. The third-order valence-electron chi connectivity index (χ3n) is 4.78. The van der Waals surface area contributed by atoms with Gasteiger partial charge >= 0.3 is 0 Å². The van der Waals surface area contributed by atoms with Gasteiger partial charge in [0.2, 0.25) is 0 Å². The van der Waals surface area contributed by atoms with E-state index in [-0.39, 0.29) is 17.0 Å². The van der Waals surface area contributed by atoms with Crippen LogP contribution in [0.1, 0.15) is 54.4 Å². The summed E-state index contributed by atoms with van der Waals surface area (Å²) in [6.45, 7) is 2.01. The van der Waals surface area contributed by atoms with Gasteiger partial charge in [-0.1, -0.05) is 17.7 Å². The van der Waals surface area contributed by atoms with Crippen molar-refractivity contribution in [3.8, 4) is 0 Å². The molecule has 2 fully saturated rings. The lowest BCUT2D eigenvalue weighted by Crippen LogP contribution is -2.52. The van der Waals surface area contributed by atoms with Crippen LogP contribution in [0.2, 0.25) is 0 Å².